The first kappa shape index (κ1) is 15.3. The van der Waals surface area contributed by atoms with Gasteiger partial charge in [0.1, 0.15) is 0 Å². The van der Waals surface area contributed by atoms with Crippen LogP contribution in [-0.2, 0) is 19.6 Å². The number of nitrogens with one attached hydrogen (secondary N) is 1. The Labute approximate surface area is 97.0 Å². The topological polar surface area (TPSA) is 75.7 Å². The number of methoxy groups -OCH3 is 1. The summed E-state index contributed by atoms with van der Waals surface area (Å²) in [7, 11) is 0.836. The molecule has 0 saturated heterocycles. The predicted molar refractivity (Wildman–Crippen MR) is 61.6 cm³/mol. The molecule has 0 spiro atoms. The Hall–Kier alpha value is -0.660. The molecule has 0 aliphatic rings. The third kappa shape index (κ3) is 4.07. The minimum absolute atomic E-state index is 0.379. The van der Waals surface area contributed by atoms with Crippen LogP contribution in [0.25, 0.3) is 0 Å². The number of carbonyl (C=O) groups excluding carboxylic acids is 1. The van der Waals surface area contributed by atoms with E-state index < -0.39 is 21.2 Å². The fraction of sp³-hybridized carbons (Fsp3) is 0.889. The Kier molecular flexibility index (Phi) is 6.54. The van der Waals surface area contributed by atoms with Crippen molar-refractivity contribution in [3.63, 3.8) is 0 Å². The lowest BCUT2D eigenvalue weighted by Crippen LogP contribution is -2.40. The number of esters is 1. The zero-order valence-corrected chi connectivity index (χ0v) is 11.0. The van der Waals surface area contributed by atoms with Crippen molar-refractivity contribution in [3.05, 3.63) is 0 Å². The fourth-order valence-electron chi connectivity index (χ4n) is 1.16. The van der Waals surface area contributed by atoms with Crippen LogP contribution >= 0.6 is 0 Å². The molecule has 0 aliphatic carbocycles. The molecule has 1 atom stereocenters. The molecule has 0 aromatic heterocycles. The highest BCUT2D eigenvalue weighted by Crippen LogP contribution is 2.08. The summed E-state index contributed by atoms with van der Waals surface area (Å²) in [4.78, 5) is 11.2. The zero-order valence-electron chi connectivity index (χ0n) is 10.2. The summed E-state index contributed by atoms with van der Waals surface area (Å²) in [6.45, 7) is 2.44. The van der Waals surface area contributed by atoms with Crippen LogP contribution in [0.4, 0.5) is 0 Å². The summed E-state index contributed by atoms with van der Waals surface area (Å²) >= 11 is 0. The molecule has 7 heteroatoms. The lowest BCUT2D eigenvalue weighted by atomic mass is 10.4. The highest BCUT2D eigenvalue weighted by atomic mass is 32.2. The molecule has 6 nitrogen and oxygen atoms in total. The van der Waals surface area contributed by atoms with Crippen molar-refractivity contribution in [2.24, 2.45) is 0 Å². The van der Waals surface area contributed by atoms with Crippen molar-refractivity contribution in [3.8, 4) is 0 Å². The molecule has 0 aliphatic heterocycles. The third-order valence-corrected chi connectivity index (χ3v) is 4.45. The first-order valence-electron chi connectivity index (χ1n) is 5.05. The van der Waals surface area contributed by atoms with Gasteiger partial charge in [-0.05, 0) is 26.9 Å². The number of rotatable bonds is 7. The van der Waals surface area contributed by atoms with Gasteiger partial charge in [-0.1, -0.05) is 0 Å². The van der Waals surface area contributed by atoms with E-state index in [9.17, 15) is 13.2 Å². The van der Waals surface area contributed by atoms with Crippen LogP contribution in [0.5, 0.6) is 0 Å². The van der Waals surface area contributed by atoms with Gasteiger partial charge in [0.15, 0.2) is 5.25 Å². The van der Waals surface area contributed by atoms with E-state index in [-0.39, 0.29) is 0 Å². The van der Waals surface area contributed by atoms with Crippen LogP contribution in [0, 0.1) is 0 Å². The van der Waals surface area contributed by atoms with Crippen molar-refractivity contribution in [2.45, 2.75) is 18.6 Å². The molecule has 0 rings (SSSR count). The predicted octanol–water partition coefficient (Wildman–Crippen LogP) is -0.581. The lowest BCUT2D eigenvalue weighted by Gasteiger charge is -2.20. The molecule has 0 radical (unpaired) electrons. The van der Waals surface area contributed by atoms with Gasteiger partial charge in [-0.2, -0.15) is 0 Å². The highest BCUT2D eigenvalue weighted by molar-refractivity contribution is 7.90. The average molecular weight is 252 g/mol. The molecule has 0 fully saturated rings. The summed E-state index contributed by atoms with van der Waals surface area (Å²) < 4.78 is 29.3. The standard InChI is InChI=1S/C9H20N2O4S/c1-8(9(12)15-4)16(13,14)11(3)7-5-6-10-2/h8,10H,5-7H2,1-4H3. The summed E-state index contributed by atoms with van der Waals surface area (Å²) in [5.41, 5.74) is 0. The van der Waals surface area contributed by atoms with Crippen LogP contribution in [0.1, 0.15) is 13.3 Å². The molecular weight excluding hydrogens is 232 g/mol. The van der Waals surface area contributed by atoms with E-state index in [0.717, 1.165) is 6.54 Å². The molecule has 0 aromatic rings. The second kappa shape index (κ2) is 6.82. The van der Waals surface area contributed by atoms with Crippen molar-refractivity contribution >= 4 is 16.0 Å². The molecule has 0 aromatic carbocycles. The number of hydrogen-bond donors (Lipinski definition) is 1. The van der Waals surface area contributed by atoms with Crippen LogP contribution in [0.15, 0.2) is 0 Å². The van der Waals surface area contributed by atoms with E-state index in [0.29, 0.717) is 13.0 Å². The van der Waals surface area contributed by atoms with E-state index in [4.69, 9.17) is 0 Å². The zero-order chi connectivity index (χ0) is 12.8. The Morgan fingerprint density at radius 2 is 2.06 bits per heavy atom. The SMILES string of the molecule is CNCCCN(C)S(=O)(=O)C(C)C(=O)OC. The normalized spacial score (nSPS) is 13.8. The van der Waals surface area contributed by atoms with E-state index in [1.165, 1.54) is 25.4 Å². The van der Waals surface area contributed by atoms with Gasteiger partial charge in [0, 0.05) is 13.6 Å². The van der Waals surface area contributed by atoms with Crippen molar-refractivity contribution in [1.29, 1.82) is 0 Å². The maximum Gasteiger partial charge on any atom is 0.325 e. The van der Waals surface area contributed by atoms with Crippen LogP contribution in [0.2, 0.25) is 0 Å². The molecule has 16 heavy (non-hydrogen) atoms. The van der Waals surface area contributed by atoms with Gasteiger partial charge in [0.05, 0.1) is 7.11 Å². The van der Waals surface area contributed by atoms with Crippen LogP contribution in [-0.4, -0.2) is 58.2 Å². The highest BCUT2D eigenvalue weighted by Gasteiger charge is 2.32. The molecule has 96 valence electrons. The smallest absolute Gasteiger partial charge is 0.325 e. The monoisotopic (exact) mass is 252 g/mol. The Morgan fingerprint density at radius 1 is 1.50 bits per heavy atom. The first-order valence-corrected chi connectivity index (χ1v) is 6.55. The Bertz CT molecular complexity index is 315. The number of ether oxygens (including phenoxy) is 1. The van der Waals surface area contributed by atoms with E-state index in [1.807, 2.05) is 0 Å². The maximum absolute atomic E-state index is 11.8. The van der Waals surface area contributed by atoms with Gasteiger partial charge in [-0.15, -0.1) is 0 Å². The number of hydrogen-bond acceptors (Lipinski definition) is 5. The number of carbonyl (C=O) groups is 1. The largest absolute Gasteiger partial charge is 0.468 e. The Balaban J connectivity index is 4.47. The van der Waals surface area contributed by atoms with Gasteiger partial charge in [0.2, 0.25) is 10.0 Å². The quantitative estimate of drug-likeness (QED) is 0.484. The van der Waals surface area contributed by atoms with Gasteiger partial charge >= 0.3 is 5.97 Å². The molecule has 0 saturated carbocycles. The molecule has 1 N–H and O–H groups in total. The molecular formula is C9H20N2O4S. The second-order valence-electron chi connectivity index (χ2n) is 3.49. The maximum atomic E-state index is 11.8. The van der Waals surface area contributed by atoms with Gasteiger partial charge < -0.3 is 10.1 Å². The van der Waals surface area contributed by atoms with E-state index in [2.05, 4.69) is 10.1 Å². The second-order valence-corrected chi connectivity index (χ2v) is 5.85. The van der Waals surface area contributed by atoms with Crippen LogP contribution in [0.3, 0.4) is 0 Å². The van der Waals surface area contributed by atoms with E-state index in [1.54, 1.807) is 7.05 Å². The minimum Gasteiger partial charge on any atom is -0.468 e. The van der Waals surface area contributed by atoms with Gasteiger partial charge in [-0.25, -0.2) is 12.7 Å². The summed E-state index contributed by atoms with van der Waals surface area (Å²) in [6, 6.07) is 0. The molecule has 0 heterocycles. The number of sulfonamides is 1. The summed E-state index contributed by atoms with van der Waals surface area (Å²) in [5, 5.41) is 1.77. The van der Waals surface area contributed by atoms with Crippen LogP contribution < -0.4 is 5.32 Å². The fourth-order valence-corrected chi connectivity index (χ4v) is 2.43. The van der Waals surface area contributed by atoms with Crippen molar-refractivity contribution < 1.29 is 17.9 Å². The molecule has 0 bridgehead atoms. The first-order chi connectivity index (χ1) is 7.37. The number of nitrogens with zero attached hydrogens (tertiary/aromatic N) is 1. The third-order valence-electron chi connectivity index (χ3n) is 2.31. The average Bonchev–Trinajstić information content (AvgIpc) is 2.26. The van der Waals surface area contributed by atoms with Crippen molar-refractivity contribution in [2.75, 3.05) is 34.3 Å². The minimum atomic E-state index is -3.60. The lowest BCUT2D eigenvalue weighted by molar-refractivity contribution is -0.139. The Morgan fingerprint density at radius 3 is 2.50 bits per heavy atom. The van der Waals surface area contributed by atoms with Gasteiger partial charge in [0.25, 0.3) is 0 Å². The van der Waals surface area contributed by atoms with E-state index >= 15 is 0 Å². The molecule has 1 unspecified atom stereocenters. The van der Waals surface area contributed by atoms with Crippen molar-refractivity contribution in [1.82, 2.24) is 9.62 Å². The summed E-state index contributed by atoms with van der Waals surface area (Å²) in [5.74, 6) is -0.736. The summed E-state index contributed by atoms with van der Waals surface area (Å²) in [6.07, 6.45) is 0.695. The molecule has 0 amide bonds. The van der Waals surface area contributed by atoms with Gasteiger partial charge in [-0.3, -0.25) is 4.79 Å².